The van der Waals surface area contributed by atoms with Crippen molar-refractivity contribution in [3.63, 3.8) is 0 Å². The highest BCUT2D eigenvalue weighted by molar-refractivity contribution is 5.38. The van der Waals surface area contributed by atoms with Gasteiger partial charge in [0, 0.05) is 6.04 Å². The third kappa shape index (κ3) is 3.88. The molecule has 1 N–H and O–H groups in total. The Labute approximate surface area is 131 Å². The molecular formula is C20H33N. The molecule has 21 heavy (non-hydrogen) atoms. The highest BCUT2D eigenvalue weighted by Crippen LogP contribution is 2.43. The summed E-state index contributed by atoms with van der Waals surface area (Å²) in [6.45, 7) is 14.9. The maximum absolute atomic E-state index is 3.78. The zero-order chi connectivity index (χ0) is 15.6. The molecule has 1 atom stereocenters. The fourth-order valence-electron chi connectivity index (χ4n) is 3.82. The number of nitrogens with one attached hydrogen (secondary N) is 1. The Morgan fingerprint density at radius 2 is 1.62 bits per heavy atom. The molecule has 0 saturated heterocycles. The molecule has 1 aromatic carbocycles. The standard InChI is InChI=1S/C20H33N/c1-7-21-19(17-8-10-20(5,6)11-9-17)18-13-15(3)14(2)12-16(18)4/h12-13,17,19,21H,7-11H2,1-6H3. The Kier molecular flexibility index (Phi) is 5.14. The first-order valence-corrected chi connectivity index (χ1v) is 8.65. The molecule has 0 aliphatic heterocycles. The van der Waals surface area contributed by atoms with Crippen molar-refractivity contribution in [2.75, 3.05) is 6.54 Å². The van der Waals surface area contributed by atoms with Gasteiger partial charge in [0.25, 0.3) is 0 Å². The first-order valence-electron chi connectivity index (χ1n) is 8.65. The van der Waals surface area contributed by atoms with E-state index in [4.69, 9.17) is 0 Å². The van der Waals surface area contributed by atoms with Crippen LogP contribution in [-0.4, -0.2) is 6.54 Å². The smallest absolute Gasteiger partial charge is 0.0351 e. The Bertz CT molecular complexity index is 477. The van der Waals surface area contributed by atoms with Crippen LogP contribution in [0.5, 0.6) is 0 Å². The number of rotatable bonds is 4. The maximum atomic E-state index is 3.78. The highest BCUT2D eigenvalue weighted by Gasteiger charge is 2.32. The normalized spacial score (nSPS) is 20.5. The average Bonchev–Trinajstić information content (AvgIpc) is 2.41. The Balaban J connectivity index is 2.25. The van der Waals surface area contributed by atoms with Gasteiger partial charge in [-0.3, -0.25) is 0 Å². The molecule has 1 aromatic rings. The minimum atomic E-state index is 0.533. The van der Waals surface area contributed by atoms with Crippen LogP contribution in [-0.2, 0) is 0 Å². The first kappa shape index (κ1) is 16.5. The van der Waals surface area contributed by atoms with Gasteiger partial charge in [-0.1, -0.05) is 32.9 Å². The summed E-state index contributed by atoms with van der Waals surface area (Å²) in [7, 11) is 0. The van der Waals surface area contributed by atoms with E-state index in [9.17, 15) is 0 Å². The molecular weight excluding hydrogens is 254 g/mol. The van der Waals surface area contributed by atoms with Gasteiger partial charge in [-0.05, 0) is 86.6 Å². The summed E-state index contributed by atoms with van der Waals surface area (Å²) in [5.41, 5.74) is 6.37. The van der Waals surface area contributed by atoms with E-state index in [1.165, 1.54) is 47.9 Å². The fourth-order valence-corrected chi connectivity index (χ4v) is 3.82. The van der Waals surface area contributed by atoms with E-state index in [2.05, 4.69) is 59.0 Å². The van der Waals surface area contributed by atoms with Crippen LogP contribution in [0.2, 0.25) is 0 Å². The van der Waals surface area contributed by atoms with Crippen molar-refractivity contribution in [3.05, 3.63) is 34.4 Å². The molecule has 1 nitrogen and oxygen atoms in total. The largest absolute Gasteiger partial charge is 0.310 e. The van der Waals surface area contributed by atoms with E-state index in [1.54, 1.807) is 0 Å². The van der Waals surface area contributed by atoms with Crippen LogP contribution in [0, 0.1) is 32.1 Å². The predicted molar refractivity (Wildman–Crippen MR) is 92.8 cm³/mol. The molecule has 118 valence electrons. The lowest BCUT2D eigenvalue weighted by atomic mass is 9.70. The minimum Gasteiger partial charge on any atom is -0.310 e. The lowest BCUT2D eigenvalue weighted by Gasteiger charge is -2.39. The molecule has 1 heteroatoms. The van der Waals surface area contributed by atoms with Gasteiger partial charge >= 0.3 is 0 Å². The summed E-state index contributed by atoms with van der Waals surface area (Å²) < 4.78 is 0. The van der Waals surface area contributed by atoms with Gasteiger partial charge in [0.15, 0.2) is 0 Å². The van der Waals surface area contributed by atoms with Crippen molar-refractivity contribution in [2.45, 2.75) is 73.3 Å². The maximum Gasteiger partial charge on any atom is 0.0351 e. The number of aryl methyl sites for hydroxylation is 3. The van der Waals surface area contributed by atoms with Crippen molar-refractivity contribution < 1.29 is 0 Å². The summed E-state index contributed by atoms with van der Waals surface area (Å²) in [4.78, 5) is 0. The molecule has 1 saturated carbocycles. The Morgan fingerprint density at radius 3 is 2.19 bits per heavy atom. The summed E-state index contributed by atoms with van der Waals surface area (Å²) in [6.07, 6.45) is 5.45. The van der Waals surface area contributed by atoms with Crippen molar-refractivity contribution in [2.24, 2.45) is 11.3 Å². The van der Waals surface area contributed by atoms with Gasteiger partial charge in [-0.2, -0.15) is 0 Å². The van der Waals surface area contributed by atoms with Gasteiger partial charge in [-0.25, -0.2) is 0 Å². The van der Waals surface area contributed by atoms with Crippen LogP contribution >= 0.6 is 0 Å². The second-order valence-electron chi connectivity index (χ2n) is 7.83. The number of hydrogen-bond acceptors (Lipinski definition) is 1. The van der Waals surface area contributed by atoms with E-state index in [1.807, 2.05) is 0 Å². The van der Waals surface area contributed by atoms with Crippen LogP contribution in [0.15, 0.2) is 12.1 Å². The molecule has 0 bridgehead atoms. The Morgan fingerprint density at radius 1 is 1.05 bits per heavy atom. The molecule has 0 aromatic heterocycles. The van der Waals surface area contributed by atoms with E-state index < -0.39 is 0 Å². The molecule has 0 amide bonds. The van der Waals surface area contributed by atoms with E-state index in [0.717, 1.165) is 12.5 Å². The van der Waals surface area contributed by atoms with E-state index in [-0.39, 0.29) is 0 Å². The second-order valence-corrected chi connectivity index (χ2v) is 7.83. The summed E-state index contributed by atoms with van der Waals surface area (Å²) in [5.74, 6) is 0.791. The van der Waals surface area contributed by atoms with E-state index in [0.29, 0.717) is 11.5 Å². The Hall–Kier alpha value is -0.820. The zero-order valence-electron chi connectivity index (χ0n) is 14.8. The summed E-state index contributed by atoms with van der Waals surface area (Å²) in [5, 5.41) is 3.78. The van der Waals surface area contributed by atoms with Gasteiger partial charge in [0.1, 0.15) is 0 Å². The lowest BCUT2D eigenvalue weighted by molar-refractivity contribution is 0.162. The van der Waals surface area contributed by atoms with Crippen molar-refractivity contribution in [3.8, 4) is 0 Å². The third-order valence-corrected chi connectivity index (χ3v) is 5.50. The molecule has 0 radical (unpaired) electrons. The summed E-state index contributed by atoms with van der Waals surface area (Å²) >= 11 is 0. The second kappa shape index (κ2) is 6.52. The van der Waals surface area contributed by atoms with Crippen LogP contribution < -0.4 is 5.32 Å². The zero-order valence-corrected chi connectivity index (χ0v) is 14.8. The topological polar surface area (TPSA) is 12.0 Å². The van der Waals surface area contributed by atoms with Gasteiger partial charge < -0.3 is 5.32 Å². The third-order valence-electron chi connectivity index (χ3n) is 5.50. The fraction of sp³-hybridized carbons (Fsp3) is 0.700. The van der Waals surface area contributed by atoms with E-state index >= 15 is 0 Å². The molecule has 0 heterocycles. The quantitative estimate of drug-likeness (QED) is 0.773. The minimum absolute atomic E-state index is 0.533. The SMILES string of the molecule is CCNC(c1cc(C)c(C)cc1C)C1CCC(C)(C)CC1. The van der Waals surface area contributed by atoms with Crippen LogP contribution in [0.25, 0.3) is 0 Å². The van der Waals surface area contributed by atoms with Crippen molar-refractivity contribution in [1.82, 2.24) is 5.32 Å². The van der Waals surface area contributed by atoms with Gasteiger partial charge in [0.05, 0.1) is 0 Å². The van der Waals surface area contributed by atoms with Crippen LogP contribution in [0.4, 0.5) is 0 Å². The number of hydrogen-bond donors (Lipinski definition) is 1. The molecule has 1 aliphatic carbocycles. The van der Waals surface area contributed by atoms with Crippen LogP contribution in [0.1, 0.15) is 74.8 Å². The molecule has 1 fully saturated rings. The van der Waals surface area contributed by atoms with Gasteiger partial charge in [-0.15, -0.1) is 0 Å². The predicted octanol–water partition coefficient (Wildman–Crippen LogP) is 5.48. The summed E-state index contributed by atoms with van der Waals surface area (Å²) in [6, 6.07) is 5.32. The van der Waals surface area contributed by atoms with Crippen molar-refractivity contribution >= 4 is 0 Å². The number of benzene rings is 1. The molecule has 2 rings (SSSR count). The monoisotopic (exact) mass is 287 g/mol. The van der Waals surface area contributed by atoms with Crippen molar-refractivity contribution in [1.29, 1.82) is 0 Å². The molecule has 0 spiro atoms. The molecule has 1 aliphatic rings. The highest BCUT2D eigenvalue weighted by atomic mass is 14.9. The average molecular weight is 287 g/mol. The first-order chi connectivity index (χ1) is 9.84. The van der Waals surface area contributed by atoms with Crippen LogP contribution in [0.3, 0.4) is 0 Å². The lowest BCUT2D eigenvalue weighted by Crippen LogP contribution is -2.33. The molecule has 1 unspecified atom stereocenters. The van der Waals surface area contributed by atoms with Gasteiger partial charge in [0.2, 0.25) is 0 Å².